The van der Waals surface area contributed by atoms with Crippen LogP contribution in [0.4, 0.5) is 0 Å². The van der Waals surface area contributed by atoms with Crippen molar-refractivity contribution in [2.75, 3.05) is 19.8 Å². The number of phenolic OH excluding ortho intramolecular Hbond substituents is 2. The number of hydrogen-bond donors (Lipinski definition) is 2. The molecule has 4 rings (SSSR count). The van der Waals surface area contributed by atoms with Gasteiger partial charge in [-0.05, 0) is 60.6 Å². The molecule has 0 aliphatic carbocycles. The Hall–Kier alpha value is -2.37. The van der Waals surface area contributed by atoms with E-state index in [-0.39, 0.29) is 5.41 Å². The zero-order chi connectivity index (χ0) is 27.2. The molecule has 0 saturated carbocycles. The molecule has 2 N–H and O–H groups in total. The number of aryl methyl sites for hydroxylation is 1. The largest absolute Gasteiger partial charge is 0.508 e. The third-order valence-corrected chi connectivity index (χ3v) is 5.44. The van der Waals surface area contributed by atoms with E-state index in [1.54, 1.807) is 24.3 Å². The van der Waals surface area contributed by atoms with Crippen molar-refractivity contribution < 1.29 is 24.5 Å². The Kier molecular flexibility index (Phi) is 19.4. The van der Waals surface area contributed by atoms with Crippen LogP contribution in [0, 0.1) is 0 Å². The predicted octanol–water partition coefficient (Wildman–Crippen LogP) is 7.61. The molecule has 2 saturated heterocycles. The van der Waals surface area contributed by atoms with Crippen LogP contribution < -0.4 is 0 Å². The molecule has 0 radical (unpaired) electrons. The SMILES string of the molecule is C1CO1.C=O.CC(C)(C)c1ccc(O)cc1.CC1CO1.CCCCCCCCCc1ccc(O)cc1. The van der Waals surface area contributed by atoms with Gasteiger partial charge in [0, 0.05) is 0 Å². The zero-order valence-electron chi connectivity index (χ0n) is 23.3. The molecule has 2 aliphatic rings. The molecule has 1 atom stereocenters. The van der Waals surface area contributed by atoms with Gasteiger partial charge >= 0.3 is 0 Å². The Balaban J connectivity index is 0.000000520. The number of aromatic hydroxyl groups is 2. The molecule has 2 aliphatic heterocycles. The van der Waals surface area contributed by atoms with E-state index < -0.39 is 0 Å². The van der Waals surface area contributed by atoms with Gasteiger partial charge in [0.15, 0.2) is 0 Å². The lowest BCUT2D eigenvalue weighted by Crippen LogP contribution is -2.10. The monoisotopic (exact) mass is 502 g/mol. The fraction of sp³-hybridized carbons (Fsp3) is 0.581. The van der Waals surface area contributed by atoms with Crippen LogP contribution >= 0.6 is 0 Å². The molecule has 36 heavy (non-hydrogen) atoms. The van der Waals surface area contributed by atoms with E-state index in [1.807, 2.05) is 31.1 Å². The Labute approximate surface area is 219 Å². The summed E-state index contributed by atoms with van der Waals surface area (Å²) >= 11 is 0. The van der Waals surface area contributed by atoms with E-state index >= 15 is 0 Å². The van der Waals surface area contributed by atoms with Crippen molar-refractivity contribution in [1.82, 2.24) is 0 Å². The minimum atomic E-state index is 0.174. The first kappa shape index (κ1) is 33.6. The number of epoxide rings is 2. The molecule has 5 heteroatoms. The highest BCUT2D eigenvalue weighted by molar-refractivity contribution is 5.30. The number of unbranched alkanes of at least 4 members (excludes halogenated alkanes) is 6. The molecule has 5 nitrogen and oxygen atoms in total. The maximum Gasteiger partial charge on any atom is 0.115 e. The van der Waals surface area contributed by atoms with Gasteiger partial charge in [0.2, 0.25) is 0 Å². The lowest BCUT2D eigenvalue weighted by Gasteiger charge is -2.18. The van der Waals surface area contributed by atoms with Gasteiger partial charge in [-0.2, -0.15) is 0 Å². The fourth-order valence-corrected chi connectivity index (χ4v) is 3.01. The summed E-state index contributed by atoms with van der Waals surface area (Å²) in [6.07, 6.45) is 11.2. The maximum absolute atomic E-state index is 9.15. The molecule has 1 unspecified atom stereocenters. The molecule has 2 heterocycles. The van der Waals surface area contributed by atoms with E-state index in [1.165, 1.54) is 56.1 Å². The van der Waals surface area contributed by atoms with Gasteiger partial charge in [0.1, 0.15) is 18.3 Å². The topological polar surface area (TPSA) is 82.6 Å². The molecular weight excluding hydrogens is 452 g/mol. The molecule has 2 fully saturated rings. The van der Waals surface area contributed by atoms with E-state index in [4.69, 9.17) is 19.7 Å². The van der Waals surface area contributed by atoms with Crippen molar-refractivity contribution in [3.8, 4) is 11.5 Å². The Bertz CT molecular complexity index is 741. The van der Waals surface area contributed by atoms with E-state index in [0.29, 0.717) is 17.6 Å². The van der Waals surface area contributed by atoms with Gasteiger partial charge in [-0.3, -0.25) is 0 Å². The first-order valence-electron chi connectivity index (χ1n) is 13.3. The third kappa shape index (κ3) is 22.1. The van der Waals surface area contributed by atoms with Gasteiger partial charge in [-0.1, -0.05) is 90.5 Å². The van der Waals surface area contributed by atoms with Crippen LogP contribution in [0.25, 0.3) is 0 Å². The number of ether oxygens (including phenoxy) is 2. The standard InChI is InChI=1S/C15H24O.C10H14O.C3H6O.C2H4O.CH2O/c1-2-3-4-5-6-7-8-9-14-10-12-15(16)13-11-14;1-10(2,3)8-4-6-9(11)7-5-8;1-3-2-4-3;1-2-3-1;1-2/h10-13,16H,2-9H2,1H3;4-7,11H,1-3H3;3H,2H2,1H3;1-2H2;1H2. The fourth-order valence-electron chi connectivity index (χ4n) is 3.01. The highest BCUT2D eigenvalue weighted by Crippen LogP contribution is 2.23. The maximum atomic E-state index is 9.15. The average molecular weight is 503 g/mol. The number of rotatable bonds is 8. The molecule has 2 aromatic carbocycles. The highest BCUT2D eigenvalue weighted by atomic mass is 16.6. The summed E-state index contributed by atoms with van der Waals surface area (Å²) in [4.78, 5) is 8.00. The molecule has 0 bridgehead atoms. The minimum Gasteiger partial charge on any atom is -0.508 e. The van der Waals surface area contributed by atoms with Gasteiger partial charge in [0.05, 0.1) is 25.9 Å². The lowest BCUT2D eigenvalue weighted by atomic mass is 9.87. The van der Waals surface area contributed by atoms with Crippen molar-refractivity contribution in [2.45, 2.75) is 97.5 Å². The van der Waals surface area contributed by atoms with Crippen molar-refractivity contribution >= 4 is 6.79 Å². The Morgan fingerprint density at radius 2 is 1.19 bits per heavy atom. The molecule has 0 spiro atoms. The second-order valence-corrected chi connectivity index (χ2v) is 10.1. The summed E-state index contributed by atoms with van der Waals surface area (Å²) < 4.78 is 9.21. The summed E-state index contributed by atoms with van der Waals surface area (Å²) in [6.45, 7) is 15.8. The number of carbonyl (C=O) groups is 1. The second-order valence-electron chi connectivity index (χ2n) is 10.1. The van der Waals surface area contributed by atoms with Crippen molar-refractivity contribution in [1.29, 1.82) is 0 Å². The summed E-state index contributed by atoms with van der Waals surface area (Å²) in [5.74, 6) is 0.696. The third-order valence-electron chi connectivity index (χ3n) is 5.44. The number of hydrogen-bond acceptors (Lipinski definition) is 5. The van der Waals surface area contributed by atoms with Crippen LogP contribution in [0.1, 0.15) is 90.7 Å². The van der Waals surface area contributed by atoms with Crippen molar-refractivity contribution in [2.24, 2.45) is 0 Å². The van der Waals surface area contributed by atoms with Crippen LogP contribution in [-0.4, -0.2) is 42.9 Å². The molecular formula is C31H50O5. The van der Waals surface area contributed by atoms with Crippen molar-refractivity contribution in [3.63, 3.8) is 0 Å². The first-order valence-corrected chi connectivity index (χ1v) is 13.3. The summed E-state index contributed by atoms with van der Waals surface area (Å²) in [5.41, 5.74) is 2.76. The molecule has 0 aromatic heterocycles. The highest BCUT2D eigenvalue weighted by Gasteiger charge is 2.13. The predicted molar refractivity (Wildman–Crippen MR) is 150 cm³/mol. The molecule has 2 aromatic rings. The second kappa shape index (κ2) is 20.8. The van der Waals surface area contributed by atoms with E-state index in [9.17, 15) is 0 Å². The van der Waals surface area contributed by atoms with Gasteiger partial charge in [0.25, 0.3) is 0 Å². The van der Waals surface area contributed by atoms with Gasteiger partial charge in [-0.25, -0.2) is 0 Å². The molecule has 204 valence electrons. The zero-order valence-corrected chi connectivity index (χ0v) is 23.3. The van der Waals surface area contributed by atoms with Crippen LogP contribution in [0.15, 0.2) is 48.5 Å². The van der Waals surface area contributed by atoms with Gasteiger partial charge < -0.3 is 24.5 Å². The van der Waals surface area contributed by atoms with Crippen LogP contribution in [0.3, 0.4) is 0 Å². The quantitative estimate of drug-likeness (QED) is 0.287. The average Bonchev–Trinajstić information content (AvgIpc) is 3.78. The van der Waals surface area contributed by atoms with Crippen LogP contribution in [0.5, 0.6) is 11.5 Å². The Morgan fingerprint density at radius 1 is 0.806 bits per heavy atom. The molecule has 0 amide bonds. The van der Waals surface area contributed by atoms with E-state index in [0.717, 1.165) is 26.2 Å². The number of phenols is 2. The van der Waals surface area contributed by atoms with Gasteiger partial charge in [-0.15, -0.1) is 0 Å². The smallest absolute Gasteiger partial charge is 0.115 e. The van der Waals surface area contributed by atoms with Crippen LogP contribution in [-0.2, 0) is 26.1 Å². The van der Waals surface area contributed by atoms with Crippen LogP contribution in [0.2, 0.25) is 0 Å². The minimum absolute atomic E-state index is 0.174. The Morgan fingerprint density at radius 3 is 1.56 bits per heavy atom. The summed E-state index contributed by atoms with van der Waals surface area (Å²) in [5, 5.41) is 18.2. The van der Waals surface area contributed by atoms with Crippen molar-refractivity contribution in [3.05, 3.63) is 59.7 Å². The van der Waals surface area contributed by atoms with E-state index in [2.05, 4.69) is 39.4 Å². The summed E-state index contributed by atoms with van der Waals surface area (Å²) in [7, 11) is 0. The summed E-state index contributed by atoms with van der Waals surface area (Å²) in [6, 6.07) is 14.9. The lowest BCUT2D eigenvalue weighted by molar-refractivity contribution is -0.0980. The first-order chi connectivity index (χ1) is 17.2. The normalized spacial score (nSPS) is 14.8. The number of carbonyl (C=O) groups excluding carboxylic acids is 1. The number of benzene rings is 2.